The Bertz CT molecular complexity index is 317. The Hall–Kier alpha value is -1.30. The fourth-order valence-electron chi connectivity index (χ4n) is 2.20. The Morgan fingerprint density at radius 3 is 2.61 bits per heavy atom. The summed E-state index contributed by atoms with van der Waals surface area (Å²) in [4.78, 5) is 24.8. The van der Waals surface area contributed by atoms with Crippen molar-refractivity contribution < 1.29 is 19.4 Å². The summed E-state index contributed by atoms with van der Waals surface area (Å²) >= 11 is 0. The fraction of sp³-hybridized carbons (Fsp3) is 0.833. The molecule has 0 spiro atoms. The highest BCUT2D eigenvalue weighted by molar-refractivity contribution is 5.83. The molecular weight excluding hydrogens is 236 g/mol. The van der Waals surface area contributed by atoms with Crippen molar-refractivity contribution >= 4 is 12.0 Å². The summed E-state index contributed by atoms with van der Waals surface area (Å²) in [5.41, 5.74) is -0.200. The molecule has 1 aliphatic heterocycles. The second kappa shape index (κ2) is 6.04. The van der Waals surface area contributed by atoms with E-state index in [1.807, 2.05) is 13.8 Å². The van der Waals surface area contributed by atoms with Crippen molar-refractivity contribution in [3.05, 3.63) is 0 Å². The molecule has 1 fully saturated rings. The van der Waals surface area contributed by atoms with E-state index in [0.717, 1.165) is 12.8 Å². The van der Waals surface area contributed by atoms with Crippen molar-refractivity contribution in [2.24, 2.45) is 0 Å². The number of likely N-dealkylation sites (tertiary alicyclic amines) is 1. The molecule has 2 amide bonds. The van der Waals surface area contributed by atoms with Gasteiger partial charge in [0, 0.05) is 32.2 Å². The van der Waals surface area contributed by atoms with Crippen molar-refractivity contribution in [3.8, 4) is 0 Å². The second-order valence-electron chi connectivity index (χ2n) is 5.19. The molecule has 1 unspecified atom stereocenters. The number of urea groups is 1. The highest BCUT2D eigenvalue weighted by Crippen LogP contribution is 2.27. The van der Waals surface area contributed by atoms with Crippen molar-refractivity contribution in [3.63, 3.8) is 0 Å². The maximum atomic E-state index is 12.0. The molecule has 1 atom stereocenters. The summed E-state index contributed by atoms with van der Waals surface area (Å²) < 4.78 is 4.84. The Kier molecular flexibility index (Phi) is 4.95. The fourth-order valence-corrected chi connectivity index (χ4v) is 2.20. The number of carbonyl (C=O) groups excluding carboxylic acids is 1. The molecule has 0 aromatic heterocycles. The lowest BCUT2D eigenvalue weighted by atomic mass is 10.0. The maximum Gasteiger partial charge on any atom is 0.326 e. The molecule has 18 heavy (non-hydrogen) atoms. The molecule has 2 N–H and O–H groups in total. The first kappa shape index (κ1) is 14.8. The van der Waals surface area contributed by atoms with E-state index in [-0.39, 0.29) is 18.0 Å². The van der Waals surface area contributed by atoms with Crippen LogP contribution in [-0.2, 0) is 9.53 Å². The quantitative estimate of drug-likeness (QED) is 0.773. The summed E-state index contributed by atoms with van der Waals surface area (Å²) in [7, 11) is 1.50. The first-order chi connectivity index (χ1) is 8.38. The van der Waals surface area contributed by atoms with Gasteiger partial charge in [-0.2, -0.15) is 0 Å². The predicted octanol–water partition coefficient (Wildman–Crippen LogP) is 1.06. The van der Waals surface area contributed by atoms with Crippen LogP contribution in [0.25, 0.3) is 0 Å². The van der Waals surface area contributed by atoms with E-state index in [1.54, 1.807) is 4.90 Å². The van der Waals surface area contributed by atoms with Crippen molar-refractivity contribution in [2.45, 2.75) is 44.7 Å². The van der Waals surface area contributed by atoms with Gasteiger partial charge in [-0.3, -0.25) is 0 Å². The van der Waals surface area contributed by atoms with Crippen LogP contribution in [0.4, 0.5) is 4.79 Å². The smallest absolute Gasteiger partial charge is 0.326 e. The molecular formula is C12H22N2O4. The normalized spacial score (nSPS) is 19.6. The third-order valence-electron chi connectivity index (χ3n) is 3.35. The first-order valence-corrected chi connectivity index (χ1v) is 6.18. The third kappa shape index (κ3) is 3.60. The number of nitrogens with one attached hydrogen (secondary N) is 1. The number of rotatable bonds is 5. The number of methoxy groups -OCH3 is 1. The summed E-state index contributed by atoms with van der Waals surface area (Å²) in [5, 5.41) is 11.6. The molecule has 104 valence electrons. The minimum atomic E-state index is -1.03. The lowest BCUT2D eigenvalue weighted by Crippen LogP contribution is -2.52. The van der Waals surface area contributed by atoms with Crippen LogP contribution >= 0.6 is 0 Å². The monoisotopic (exact) mass is 258 g/mol. The minimum absolute atomic E-state index is 0.200. The van der Waals surface area contributed by atoms with Crippen molar-refractivity contribution in [1.29, 1.82) is 0 Å². The number of carboxylic acid groups (broad SMARTS) is 1. The lowest BCUT2D eigenvalue weighted by Gasteiger charge is -2.32. The topological polar surface area (TPSA) is 78.9 Å². The molecule has 1 aliphatic rings. The number of amides is 2. The zero-order valence-corrected chi connectivity index (χ0v) is 11.2. The van der Waals surface area contributed by atoms with Crippen molar-refractivity contribution in [1.82, 2.24) is 10.2 Å². The Balaban J connectivity index is 2.58. The highest BCUT2D eigenvalue weighted by Gasteiger charge is 2.36. The third-order valence-corrected chi connectivity index (χ3v) is 3.35. The van der Waals surface area contributed by atoms with Crippen LogP contribution in [-0.4, -0.2) is 53.8 Å². The van der Waals surface area contributed by atoms with Gasteiger partial charge in [-0.1, -0.05) is 0 Å². The molecule has 0 aromatic carbocycles. The summed E-state index contributed by atoms with van der Waals surface area (Å²) in [6.07, 6.45) is 2.16. The average Bonchev–Trinajstić information content (AvgIpc) is 2.63. The zero-order chi connectivity index (χ0) is 13.8. The number of nitrogens with zero attached hydrogens (tertiary/aromatic N) is 1. The molecule has 0 aromatic rings. The van der Waals surface area contributed by atoms with Gasteiger partial charge in [-0.05, 0) is 26.7 Å². The Morgan fingerprint density at radius 1 is 1.50 bits per heavy atom. The molecule has 0 saturated carbocycles. The van der Waals surface area contributed by atoms with Crippen LogP contribution < -0.4 is 5.32 Å². The van der Waals surface area contributed by atoms with Crippen LogP contribution in [0.3, 0.4) is 0 Å². The molecule has 6 nitrogen and oxygen atoms in total. The number of hydrogen-bond acceptors (Lipinski definition) is 3. The van der Waals surface area contributed by atoms with Gasteiger partial charge in [0.15, 0.2) is 0 Å². The van der Waals surface area contributed by atoms with E-state index in [1.165, 1.54) is 7.11 Å². The van der Waals surface area contributed by atoms with Crippen LogP contribution in [0.1, 0.15) is 33.1 Å². The summed E-state index contributed by atoms with van der Waals surface area (Å²) in [5.74, 6) is -1.03. The van der Waals surface area contributed by atoms with Gasteiger partial charge in [0.2, 0.25) is 0 Å². The molecule has 0 radical (unpaired) electrons. The number of ether oxygens (including phenoxy) is 1. The van der Waals surface area contributed by atoms with E-state index in [4.69, 9.17) is 9.84 Å². The van der Waals surface area contributed by atoms with Crippen LogP contribution in [0, 0.1) is 0 Å². The van der Waals surface area contributed by atoms with Gasteiger partial charge in [-0.25, -0.2) is 9.59 Å². The largest absolute Gasteiger partial charge is 0.480 e. The van der Waals surface area contributed by atoms with Crippen molar-refractivity contribution in [2.75, 3.05) is 20.3 Å². The molecule has 1 rings (SSSR count). The van der Waals surface area contributed by atoms with E-state index in [0.29, 0.717) is 13.2 Å². The summed E-state index contributed by atoms with van der Waals surface area (Å²) in [6.45, 7) is 4.96. The highest BCUT2D eigenvalue weighted by atomic mass is 16.5. The molecule has 6 heteroatoms. The Morgan fingerprint density at radius 2 is 2.17 bits per heavy atom. The maximum absolute atomic E-state index is 12.0. The zero-order valence-electron chi connectivity index (χ0n) is 11.2. The van der Waals surface area contributed by atoms with E-state index in [2.05, 4.69) is 5.32 Å². The first-order valence-electron chi connectivity index (χ1n) is 6.18. The van der Waals surface area contributed by atoms with Gasteiger partial charge < -0.3 is 20.1 Å². The molecule has 0 aliphatic carbocycles. The molecule has 1 saturated heterocycles. The second-order valence-corrected chi connectivity index (χ2v) is 5.19. The van der Waals surface area contributed by atoms with E-state index in [9.17, 15) is 9.59 Å². The standard InChI is InChI=1S/C12H22N2O4/c1-12(2)6-4-7-14(12)11(17)13-9(10(15)16)5-8-18-3/h9H,4-8H2,1-3H3,(H,13,17)(H,15,16). The average molecular weight is 258 g/mol. The van der Waals surface area contributed by atoms with E-state index < -0.39 is 12.0 Å². The van der Waals surface area contributed by atoms with Gasteiger partial charge >= 0.3 is 12.0 Å². The SMILES string of the molecule is COCCC(NC(=O)N1CCCC1(C)C)C(=O)O. The van der Waals surface area contributed by atoms with Crippen LogP contribution in [0.5, 0.6) is 0 Å². The Labute approximate surface area is 107 Å². The summed E-state index contributed by atoms with van der Waals surface area (Å²) in [6, 6.07) is -1.20. The predicted molar refractivity (Wildman–Crippen MR) is 66.5 cm³/mol. The molecule has 1 heterocycles. The van der Waals surface area contributed by atoms with E-state index >= 15 is 0 Å². The van der Waals surface area contributed by atoms with Gasteiger partial charge in [0.25, 0.3) is 0 Å². The molecule has 0 bridgehead atoms. The number of carboxylic acids is 1. The minimum Gasteiger partial charge on any atom is -0.480 e. The van der Waals surface area contributed by atoms with Gasteiger partial charge in [-0.15, -0.1) is 0 Å². The van der Waals surface area contributed by atoms with Crippen LogP contribution in [0.2, 0.25) is 0 Å². The number of carbonyl (C=O) groups is 2. The van der Waals surface area contributed by atoms with Gasteiger partial charge in [0.05, 0.1) is 0 Å². The van der Waals surface area contributed by atoms with Crippen LogP contribution in [0.15, 0.2) is 0 Å². The lowest BCUT2D eigenvalue weighted by molar-refractivity contribution is -0.139. The van der Waals surface area contributed by atoms with Gasteiger partial charge in [0.1, 0.15) is 6.04 Å². The number of aliphatic carboxylic acids is 1. The number of hydrogen-bond donors (Lipinski definition) is 2.